The van der Waals surface area contributed by atoms with Crippen molar-refractivity contribution in [1.82, 2.24) is 4.98 Å². The van der Waals surface area contributed by atoms with Gasteiger partial charge in [-0.25, -0.2) is 0 Å². The summed E-state index contributed by atoms with van der Waals surface area (Å²) in [6, 6.07) is 9.16. The molecule has 0 bridgehead atoms. The minimum atomic E-state index is -0.754. The van der Waals surface area contributed by atoms with Crippen LogP contribution < -0.4 is 9.47 Å². The number of hydrogen-bond acceptors (Lipinski definition) is 4. The van der Waals surface area contributed by atoms with Crippen molar-refractivity contribution in [3.05, 3.63) is 53.9 Å². The van der Waals surface area contributed by atoms with Gasteiger partial charge in [-0.05, 0) is 12.1 Å². The Morgan fingerprint density at radius 3 is 2.83 bits per heavy atom. The number of para-hydroxylation sites is 1. The molecule has 0 fully saturated rings. The molecule has 0 spiro atoms. The van der Waals surface area contributed by atoms with Crippen LogP contribution in [-0.2, 0) is 0 Å². The van der Waals surface area contributed by atoms with Crippen molar-refractivity contribution in [3.63, 3.8) is 0 Å². The van der Waals surface area contributed by atoms with Crippen molar-refractivity contribution in [2.45, 2.75) is 6.10 Å². The first-order chi connectivity index (χ1) is 8.86. The molecule has 0 saturated heterocycles. The molecule has 0 amide bonds. The van der Waals surface area contributed by atoms with E-state index in [-0.39, 0.29) is 0 Å². The molecule has 92 valence electrons. The molecule has 1 aliphatic rings. The number of rotatable bonds is 2. The van der Waals surface area contributed by atoms with E-state index in [0.29, 0.717) is 30.3 Å². The van der Waals surface area contributed by atoms with E-state index >= 15 is 0 Å². The number of aromatic nitrogens is 1. The molecule has 1 aliphatic heterocycles. The third-order valence-electron chi connectivity index (χ3n) is 2.89. The van der Waals surface area contributed by atoms with E-state index in [1.54, 1.807) is 18.5 Å². The number of ether oxygens (including phenoxy) is 2. The second-order valence-electron chi connectivity index (χ2n) is 4.06. The van der Waals surface area contributed by atoms with Crippen molar-refractivity contribution in [1.29, 1.82) is 0 Å². The Morgan fingerprint density at radius 2 is 2.00 bits per heavy atom. The van der Waals surface area contributed by atoms with Crippen molar-refractivity contribution in [2.75, 3.05) is 13.2 Å². The van der Waals surface area contributed by atoms with E-state index in [4.69, 9.17) is 9.47 Å². The predicted molar refractivity (Wildman–Crippen MR) is 65.7 cm³/mol. The lowest BCUT2D eigenvalue weighted by atomic mass is 10.0. The quantitative estimate of drug-likeness (QED) is 0.875. The predicted octanol–water partition coefficient (Wildman–Crippen LogP) is 1.93. The molecule has 2 heterocycles. The number of hydrogen-bond donors (Lipinski definition) is 1. The summed E-state index contributed by atoms with van der Waals surface area (Å²) in [6.45, 7) is 1.04. The molecular weight excluding hydrogens is 230 g/mol. The van der Waals surface area contributed by atoms with Gasteiger partial charge in [-0.3, -0.25) is 4.98 Å². The smallest absolute Gasteiger partial charge is 0.167 e. The standard InChI is InChI=1S/C14H13NO3/c16-13(10-3-2-6-15-9-10)11-4-1-5-12-14(11)18-8-7-17-12/h1-6,9,13,16H,7-8H2. The Bertz CT molecular complexity index is 542. The van der Waals surface area contributed by atoms with Gasteiger partial charge >= 0.3 is 0 Å². The topological polar surface area (TPSA) is 51.6 Å². The molecule has 2 aromatic rings. The number of benzene rings is 1. The Hall–Kier alpha value is -2.07. The van der Waals surface area contributed by atoms with Gasteiger partial charge in [-0.15, -0.1) is 0 Å². The van der Waals surface area contributed by atoms with Crippen molar-refractivity contribution < 1.29 is 14.6 Å². The van der Waals surface area contributed by atoms with Crippen LogP contribution in [0.5, 0.6) is 11.5 Å². The van der Waals surface area contributed by atoms with Gasteiger partial charge in [-0.2, -0.15) is 0 Å². The van der Waals surface area contributed by atoms with Crippen LogP contribution in [0.4, 0.5) is 0 Å². The fourth-order valence-corrected chi connectivity index (χ4v) is 2.03. The third kappa shape index (κ3) is 1.91. The second kappa shape index (κ2) is 4.66. The summed E-state index contributed by atoms with van der Waals surface area (Å²) in [5, 5.41) is 10.4. The molecule has 3 rings (SSSR count). The van der Waals surface area contributed by atoms with Crippen LogP contribution in [0, 0.1) is 0 Å². The number of aliphatic hydroxyl groups excluding tert-OH is 1. The summed E-state index contributed by atoms with van der Waals surface area (Å²) in [4.78, 5) is 4.01. The van der Waals surface area contributed by atoms with Crippen LogP contribution in [-0.4, -0.2) is 23.3 Å². The minimum absolute atomic E-state index is 0.504. The molecule has 1 aromatic heterocycles. The normalized spacial score (nSPS) is 15.2. The maximum atomic E-state index is 10.4. The van der Waals surface area contributed by atoms with E-state index in [0.717, 1.165) is 5.56 Å². The van der Waals surface area contributed by atoms with Gasteiger partial charge in [0.2, 0.25) is 0 Å². The van der Waals surface area contributed by atoms with E-state index in [2.05, 4.69) is 4.98 Å². The fourth-order valence-electron chi connectivity index (χ4n) is 2.03. The van der Waals surface area contributed by atoms with Crippen LogP contribution in [0.1, 0.15) is 17.2 Å². The average molecular weight is 243 g/mol. The number of aliphatic hydroxyl groups is 1. The average Bonchev–Trinajstić information content (AvgIpc) is 2.47. The highest BCUT2D eigenvalue weighted by molar-refractivity contribution is 5.50. The molecule has 4 nitrogen and oxygen atoms in total. The first kappa shape index (κ1) is 11.0. The van der Waals surface area contributed by atoms with E-state index < -0.39 is 6.10 Å². The van der Waals surface area contributed by atoms with Crippen LogP contribution in [0.25, 0.3) is 0 Å². The molecular formula is C14H13NO3. The maximum absolute atomic E-state index is 10.4. The molecule has 1 unspecified atom stereocenters. The Labute approximate surface area is 105 Å². The van der Waals surface area contributed by atoms with Gasteiger partial charge in [0.1, 0.15) is 19.3 Å². The summed E-state index contributed by atoms with van der Waals surface area (Å²) in [5.74, 6) is 1.31. The Balaban J connectivity index is 2.02. The largest absolute Gasteiger partial charge is 0.486 e. The third-order valence-corrected chi connectivity index (χ3v) is 2.89. The number of nitrogens with zero attached hydrogens (tertiary/aromatic N) is 1. The zero-order valence-corrected chi connectivity index (χ0v) is 9.74. The maximum Gasteiger partial charge on any atom is 0.167 e. The monoisotopic (exact) mass is 243 g/mol. The van der Waals surface area contributed by atoms with Gasteiger partial charge in [0.05, 0.1) is 0 Å². The van der Waals surface area contributed by atoms with Gasteiger partial charge in [0.15, 0.2) is 11.5 Å². The summed E-state index contributed by atoms with van der Waals surface area (Å²) in [5.41, 5.74) is 1.44. The lowest BCUT2D eigenvalue weighted by molar-refractivity contribution is 0.158. The minimum Gasteiger partial charge on any atom is -0.486 e. The summed E-state index contributed by atoms with van der Waals surface area (Å²) < 4.78 is 11.1. The zero-order chi connectivity index (χ0) is 12.4. The Kier molecular flexibility index (Phi) is 2.86. The highest BCUT2D eigenvalue weighted by Gasteiger charge is 2.21. The van der Waals surface area contributed by atoms with Gasteiger partial charge in [0.25, 0.3) is 0 Å². The zero-order valence-electron chi connectivity index (χ0n) is 9.74. The molecule has 0 radical (unpaired) electrons. The van der Waals surface area contributed by atoms with E-state index in [1.807, 2.05) is 24.3 Å². The molecule has 0 saturated carbocycles. The SMILES string of the molecule is OC(c1cccnc1)c1cccc2c1OCCO2. The van der Waals surface area contributed by atoms with E-state index in [9.17, 15) is 5.11 Å². The van der Waals surface area contributed by atoms with Crippen molar-refractivity contribution >= 4 is 0 Å². The summed E-state index contributed by atoms with van der Waals surface area (Å²) in [7, 11) is 0. The number of fused-ring (bicyclic) bond motifs is 1. The highest BCUT2D eigenvalue weighted by atomic mass is 16.6. The molecule has 1 aromatic carbocycles. The molecule has 1 atom stereocenters. The number of pyridine rings is 1. The molecule has 4 heteroatoms. The van der Waals surface area contributed by atoms with Crippen LogP contribution >= 0.6 is 0 Å². The first-order valence-electron chi connectivity index (χ1n) is 5.83. The Morgan fingerprint density at radius 1 is 1.11 bits per heavy atom. The van der Waals surface area contributed by atoms with E-state index in [1.165, 1.54) is 0 Å². The van der Waals surface area contributed by atoms with Crippen LogP contribution in [0.15, 0.2) is 42.7 Å². The van der Waals surface area contributed by atoms with Gasteiger partial charge in [-0.1, -0.05) is 18.2 Å². The van der Waals surface area contributed by atoms with Crippen LogP contribution in [0.2, 0.25) is 0 Å². The van der Waals surface area contributed by atoms with Crippen LogP contribution in [0.3, 0.4) is 0 Å². The molecule has 18 heavy (non-hydrogen) atoms. The summed E-state index contributed by atoms with van der Waals surface area (Å²) >= 11 is 0. The lowest BCUT2D eigenvalue weighted by Crippen LogP contribution is -2.17. The summed E-state index contributed by atoms with van der Waals surface area (Å²) in [6.07, 6.45) is 2.57. The van der Waals surface area contributed by atoms with Crippen molar-refractivity contribution in [3.8, 4) is 11.5 Å². The van der Waals surface area contributed by atoms with Gasteiger partial charge in [0, 0.05) is 23.5 Å². The van der Waals surface area contributed by atoms with Crippen molar-refractivity contribution in [2.24, 2.45) is 0 Å². The lowest BCUT2D eigenvalue weighted by Gasteiger charge is -2.23. The fraction of sp³-hybridized carbons (Fsp3) is 0.214. The van der Waals surface area contributed by atoms with Gasteiger partial charge < -0.3 is 14.6 Å². The molecule has 1 N–H and O–H groups in total. The first-order valence-corrected chi connectivity index (χ1v) is 5.83. The molecule has 0 aliphatic carbocycles. The second-order valence-corrected chi connectivity index (χ2v) is 4.06. The highest BCUT2D eigenvalue weighted by Crippen LogP contribution is 2.38.